The molecular weight excluding hydrogens is 440 g/mol. The molecule has 33 heavy (non-hydrogen) atoms. The fourth-order valence-corrected chi connectivity index (χ4v) is 5.01. The largest absolute Gasteiger partial charge is 0.344 e. The van der Waals surface area contributed by atoms with Crippen molar-refractivity contribution in [3.05, 3.63) is 83.6 Å². The second-order valence-corrected chi connectivity index (χ2v) is 10.0. The van der Waals surface area contributed by atoms with Gasteiger partial charge in [-0.3, -0.25) is 0 Å². The molecule has 2 aromatic carbocycles. The summed E-state index contributed by atoms with van der Waals surface area (Å²) in [7, 11) is -2.77. The summed E-state index contributed by atoms with van der Waals surface area (Å²) in [5, 5.41) is 0. The maximum Gasteiger partial charge on any atom is 0.209 e. The normalized spacial score (nSPS) is 19.6. The number of fused-ring (bicyclic) bond motifs is 2. The van der Waals surface area contributed by atoms with E-state index in [4.69, 9.17) is 18.6 Å². The van der Waals surface area contributed by atoms with Gasteiger partial charge in [-0.25, -0.2) is 18.6 Å². The lowest BCUT2D eigenvalue weighted by atomic mass is 9.81. The minimum atomic E-state index is -4.94. The average molecular weight is 471 g/mol. The van der Waals surface area contributed by atoms with E-state index < -0.39 is 10.2 Å². The van der Waals surface area contributed by atoms with Crippen LogP contribution in [-0.4, -0.2) is 23.9 Å². The highest BCUT2D eigenvalue weighted by Gasteiger charge is 2.43. The van der Waals surface area contributed by atoms with Gasteiger partial charge in [0.05, 0.1) is 5.41 Å². The van der Waals surface area contributed by atoms with Crippen molar-refractivity contribution in [2.75, 3.05) is 18.5 Å². The number of likely N-dealkylation sites (N-methyl/N-ethyl adjacent to an activating group) is 1. The summed E-state index contributed by atoms with van der Waals surface area (Å²) >= 11 is 0. The number of nitrogens with zero attached hydrogens (tertiary/aromatic N) is 2. The highest BCUT2D eigenvalue weighted by Crippen LogP contribution is 2.47. The maximum atomic E-state index is 8.49. The topological polar surface area (TPSA) is 98.5 Å². The zero-order chi connectivity index (χ0) is 24.6. The molecule has 0 fully saturated rings. The van der Waals surface area contributed by atoms with Gasteiger partial charge in [0.25, 0.3) is 0 Å². The Morgan fingerprint density at radius 2 is 1.42 bits per heavy atom. The molecule has 0 unspecified atom stereocenters. The minimum absolute atomic E-state index is 0.0128. The molecule has 2 aliphatic heterocycles. The van der Waals surface area contributed by atoms with E-state index in [0.717, 1.165) is 6.54 Å². The van der Waals surface area contributed by atoms with Crippen molar-refractivity contribution in [3.8, 4) is 0 Å². The fraction of sp³-hybridized carbons (Fsp3) is 0.346. The van der Waals surface area contributed by atoms with Crippen LogP contribution in [0.5, 0.6) is 0 Å². The lowest BCUT2D eigenvalue weighted by molar-refractivity contribution is -2.00. The summed E-state index contributed by atoms with van der Waals surface area (Å²) in [4.78, 5) is 2.45. The molecule has 0 amide bonds. The summed E-state index contributed by atoms with van der Waals surface area (Å²) in [6.45, 7) is 12.5. The quantitative estimate of drug-likeness (QED) is 0.627. The molecule has 0 saturated carbocycles. The molecule has 0 bridgehead atoms. The van der Waals surface area contributed by atoms with Crippen LogP contribution in [0.4, 0.5) is 11.4 Å². The Balaban J connectivity index is 0.000000555. The first-order valence-corrected chi connectivity index (χ1v) is 12.1. The Labute approximate surface area is 198 Å². The minimum Gasteiger partial charge on any atom is -0.344 e. The number of benzene rings is 2. The van der Waals surface area contributed by atoms with Gasteiger partial charge >= 0.3 is 0 Å². The smallest absolute Gasteiger partial charge is 0.209 e. The number of para-hydroxylation sites is 2. The van der Waals surface area contributed by atoms with Crippen LogP contribution in [0.2, 0.25) is 0 Å². The van der Waals surface area contributed by atoms with Crippen LogP contribution in [-0.2, 0) is 10.8 Å². The van der Waals surface area contributed by atoms with Crippen molar-refractivity contribution >= 4 is 17.1 Å². The summed E-state index contributed by atoms with van der Waals surface area (Å²) < 4.78 is 36.3. The van der Waals surface area contributed by atoms with Crippen molar-refractivity contribution < 1.29 is 33.5 Å². The number of rotatable bonds is 3. The van der Waals surface area contributed by atoms with Gasteiger partial charge in [0.1, 0.15) is 7.05 Å². The Morgan fingerprint density at radius 3 is 2.00 bits per heavy atom. The highest BCUT2D eigenvalue weighted by molar-refractivity contribution is 6.03. The van der Waals surface area contributed by atoms with Crippen molar-refractivity contribution in [2.45, 2.75) is 45.4 Å². The molecule has 0 atom stereocenters. The van der Waals surface area contributed by atoms with Gasteiger partial charge in [-0.1, -0.05) is 56.3 Å². The van der Waals surface area contributed by atoms with Crippen LogP contribution >= 0.6 is 0 Å². The van der Waals surface area contributed by atoms with Crippen LogP contribution in [0.25, 0.3) is 0 Å². The van der Waals surface area contributed by atoms with E-state index in [-0.39, 0.29) is 10.8 Å². The van der Waals surface area contributed by atoms with Crippen LogP contribution in [0.15, 0.2) is 72.5 Å². The molecule has 0 N–H and O–H groups in total. The third kappa shape index (κ3) is 4.90. The standard InChI is InChI=1S/C26H31N2.ClHO4/c1-7-28-22-16-11-9-14-20(22)26(4,5)24(28)18-12-17-23-25(2,3)19-13-8-10-15-21(19)27(23)6;2-1(3,4)5/h8-18H,7H2,1-6H3;(H,2,3,4,5)/q+1;/p-1. The molecule has 0 aromatic heterocycles. The van der Waals surface area contributed by atoms with E-state index in [1.165, 1.54) is 33.9 Å². The molecule has 0 radical (unpaired) electrons. The molecule has 4 rings (SSSR count). The molecule has 7 heteroatoms. The Morgan fingerprint density at radius 1 is 0.879 bits per heavy atom. The molecule has 6 nitrogen and oxygen atoms in total. The van der Waals surface area contributed by atoms with Crippen LogP contribution in [0.1, 0.15) is 45.7 Å². The lowest BCUT2D eigenvalue weighted by Gasteiger charge is -2.25. The second kappa shape index (κ2) is 9.05. The van der Waals surface area contributed by atoms with Crippen molar-refractivity contribution in [2.24, 2.45) is 0 Å². The van der Waals surface area contributed by atoms with Crippen LogP contribution in [0, 0.1) is 10.2 Å². The lowest BCUT2D eigenvalue weighted by Crippen LogP contribution is -2.68. The van der Waals surface area contributed by atoms with Gasteiger partial charge in [-0.2, -0.15) is 4.58 Å². The van der Waals surface area contributed by atoms with E-state index in [0.29, 0.717) is 0 Å². The molecule has 2 aliphatic rings. The van der Waals surface area contributed by atoms with Gasteiger partial charge in [0, 0.05) is 41.1 Å². The van der Waals surface area contributed by atoms with E-state index in [1.54, 1.807) is 0 Å². The summed E-state index contributed by atoms with van der Waals surface area (Å²) in [6.07, 6.45) is 6.84. The molecule has 2 heterocycles. The Hall–Kier alpha value is -2.48. The molecule has 0 saturated heterocycles. The Bertz CT molecular complexity index is 1120. The summed E-state index contributed by atoms with van der Waals surface area (Å²) in [5.74, 6) is 0. The van der Waals surface area contributed by atoms with Crippen LogP contribution in [0.3, 0.4) is 0 Å². The van der Waals surface area contributed by atoms with Crippen molar-refractivity contribution in [3.63, 3.8) is 0 Å². The van der Waals surface area contributed by atoms with E-state index in [2.05, 4.69) is 118 Å². The molecule has 0 spiro atoms. The predicted octanol–water partition coefficient (Wildman–Crippen LogP) is 1.19. The van der Waals surface area contributed by atoms with E-state index in [1.807, 2.05) is 0 Å². The fourth-order valence-electron chi connectivity index (χ4n) is 5.01. The third-order valence-electron chi connectivity index (χ3n) is 6.56. The first-order chi connectivity index (χ1) is 15.3. The van der Waals surface area contributed by atoms with Gasteiger partial charge in [-0.05, 0) is 38.5 Å². The number of anilines is 1. The van der Waals surface area contributed by atoms with Crippen molar-refractivity contribution in [1.82, 2.24) is 0 Å². The third-order valence-corrected chi connectivity index (χ3v) is 6.56. The van der Waals surface area contributed by atoms with Crippen LogP contribution < -0.4 is 23.5 Å². The zero-order valence-corrected chi connectivity index (χ0v) is 20.7. The first-order valence-electron chi connectivity index (χ1n) is 10.9. The highest BCUT2D eigenvalue weighted by atomic mass is 35.7. The number of hydrogen-bond acceptors (Lipinski definition) is 5. The molecule has 176 valence electrons. The number of allylic oxidation sites excluding steroid dienone is 4. The van der Waals surface area contributed by atoms with Crippen molar-refractivity contribution in [1.29, 1.82) is 0 Å². The number of halogens is 1. The zero-order valence-electron chi connectivity index (χ0n) is 20.0. The van der Waals surface area contributed by atoms with Gasteiger partial charge in [0.2, 0.25) is 5.69 Å². The van der Waals surface area contributed by atoms with E-state index in [9.17, 15) is 0 Å². The summed E-state index contributed by atoms with van der Waals surface area (Å²) in [5.41, 5.74) is 8.19. The number of hydrogen-bond donors (Lipinski definition) is 0. The van der Waals surface area contributed by atoms with Gasteiger partial charge in [-0.15, -0.1) is 10.2 Å². The average Bonchev–Trinajstić information content (AvgIpc) is 3.06. The predicted molar refractivity (Wildman–Crippen MR) is 120 cm³/mol. The molecule has 0 aliphatic carbocycles. The first kappa shape index (κ1) is 25.1. The second-order valence-electron chi connectivity index (χ2n) is 9.26. The van der Waals surface area contributed by atoms with E-state index >= 15 is 0 Å². The van der Waals surface area contributed by atoms with Gasteiger partial charge < -0.3 is 4.90 Å². The molecular formula is C26H31ClN2O4. The Kier molecular flexibility index (Phi) is 6.89. The molecule has 2 aromatic rings. The summed E-state index contributed by atoms with van der Waals surface area (Å²) in [6, 6.07) is 17.5. The SMILES string of the molecule is CCN1C(=CC=CC2=[N+](C)c3ccccc3C2(C)C)C(C)(C)c2ccccc21.[O-][Cl+3]([O-])([O-])[O-]. The maximum absolute atomic E-state index is 8.49. The monoisotopic (exact) mass is 470 g/mol. The van der Waals surface area contributed by atoms with Gasteiger partial charge in [0.15, 0.2) is 5.71 Å².